The van der Waals surface area contributed by atoms with Gasteiger partial charge < -0.3 is 4.74 Å². The Morgan fingerprint density at radius 2 is 2.40 bits per heavy atom. The molecule has 0 aliphatic carbocycles. The zero-order chi connectivity index (χ0) is 7.98. The highest BCUT2D eigenvalue weighted by molar-refractivity contribution is 5.38. The molecule has 0 aliphatic heterocycles. The maximum Gasteiger partial charge on any atom is 0.127 e. The van der Waals surface area contributed by atoms with E-state index in [2.05, 4.69) is 12.5 Å². The molecule has 0 saturated carbocycles. The van der Waals surface area contributed by atoms with Crippen molar-refractivity contribution in [2.24, 2.45) is 0 Å². The van der Waals surface area contributed by atoms with Gasteiger partial charge in [-0.1, -0.05) is 18.6 Å². The van der Waals surface area contributed by atoms with E-state index in [1.54, 1.807) is 6.08 Å². The summed E-state index contributed by atoms with van der Waals surface area (Å²) < 4.78 is 5.08. The Balaban J connectivity index is 4.08. The van der Waals surface area contributed by atoms with E-state index in [-0.39, 0.29) is 0 Å². The Kier molecular flexibility index (Phi) is 4.15. The van der Waals surface area contributed by atoms with Crippen molar-refractivity contribution in [1.29, 1.82) is 0 Å². The molecule has 0 N–H and O–H groups in total. The van der Waals surface area contributed by atoms with Crippen LogP contribution in [0.15, 0.2) is 24.0 Å². The van der Waals surface area contributed by atoms with Crippen LogP contribution in [0.3, 0.4) is 0 Å². The third kappa shape index (κ3) is 2.41. The minimum atomic E-state index is 0.576. The van der Waals surface area contributed by atoms with Crippen LogP contribution >= 0.6 is 0 Å². The van der Waals surface area contributed by atoms with Gasteiger partial charge in [0.15, 0.2) is 0 Å². The summed E-state index contributed by atoms with van der Waals surface area (Å²) in [7, 11) is 0. The molecule has 0 radical (unpaired) electrons. The number of terminal acetylenes is 1. The summed E-state index contributed by atoms with van der Waals surface area (Å²) in [5.41, 5.74) is 0.724. The number of hydrogen-bond donors (Lipinski definition) is 0. The molecule has 10 heavy (non-hydrogen) atoms. The zero-order valence-electron chi connectivity index (χ0n) is 6.48. The first-order valence-electron chi connectivity index (χ1n) is 3.21. The van der Waals surface area contributed by atoms with Gasteiger partial charge in [-0.3, -0.25) is 0 Å². The molecule has 1 nitrogen and oxygen atoms in total. The van der Waals surface area contributed by atoms with Crippen LogP contribution in [0.2, 0.25) is 0 Å². The number of rotatable bonds is 3. The van der Waals surface area contributed by atoms with Crippen molar-refractivity contribution in [3.8, 4) is 12.3 Å². The molecule has 0 aliphatic rings. The Bertz CT molecular complexity index is 181. The maximum absolute atomic E-state index is 5.16. The number of allylic oxidation sites excluding steroid dienone is 2. The van der Waals surface area contributed by atoms with Gasteiger partial charge in [-0.05, 0) is 13.8 Å². The van der Waals surface area contributed by atoms with Crippen molar-refractivity contribution in [2.45, 2.75) is 13.8 Å². The van der Waals surface area contributed by atoms with Crippen molar-refractivity contribution in [3.63, 3.8) is 0 Å². The maximum atomic E-state index is 5.16. The molecule has 0 spiro atoms. The fraction of sp³-hybridized carbons (Fsp3) is 0.333. The van der Waals surface area contributed by atoms with Gasteiger partial charge in [0.1, 0.15) is 5.76 Å². The fourth-order valence-electron chi connectivity index (χ4n) is 0.577. The Morgan fingerprint density at radius 1 is 1.80 bits per heavy atom. The van der Waals surface area contributed by atoms with Crippen molar-refractivity contribution in [3.05, 3.63) is 24.0 Å². The van der Waals surface area contributed by atoms with Crippen molar-refractivity contribution >= 4 is 0 Å². The second-order valence-corrected chi connectivity index (χ2v) is 1.70. The molecular formula is C9H12O. The van der Waals surface area contributed by atoms with E-state index >= 15 is 0 Å². The fourth-order valence-corrected chi connectivity index (χ4v) is 0.577. The van der Waals surface area contributed by atoms with Gasteiger partial charge in [0.05, 0.1) is 12.2 Å². The topological polar surface area (TPSA) is 9.23 Å². The van der Waals surface area contributed by atoms with E-state index in [1.165, 1.54) is 0 Å². The van der Waals surface area contributed by atoms with E-state index in [9.17, 15) is 0 Å². The lowest BCUT2D eigenvalue weighted by Gasteiger charge is -2.04. The van der Waals surface area contributed by atoms with Crippen LogP contribution in [0, 0.1) is 12.3 Å². The first-order valence-corrected chi connectivity index (χ1v) is 3.21. The molecule has 0 saturated heterocycles. The molecule has 0 fully saturated rings. The SMILES string of the molecule is C#C/C(=C/C)C(=C)OCC. The Hall–Kier alpha value is -1.16. The molecule has 0 amide bonds. The van der Waals surface area contributed by atoms with Gasteiger partial charge in [-0.25, -0.2) is 0 Å². The second kappa shape index (κ2) is 4.69. The number of hydrogen-bond acceptors (Lipinski definition) is 1. The minimum Gasteiger partial charge on any atom is -0.493 e. The molecule has 0 unspecified atom stereocenters. The lowest BCUT2D eigenvalue weighted by atomic mass is 10.2. The van der Waals surface area contributed by atoms with E-state index in [4.69, 9.17) is 11.2 Å². The third-order valence-corrected chi connectivity index (χ3v) is 1.06. The predicted molar refractivity (Wildman–Crippen MR) is 43.4 cm³/mol. The molecule has 1 heteroatoms. The van der Waals surface area contributed by atoms with Crippen LogP contribution in [-0.4, -0.2) is 6.61 Å². The monoisotopic (exact) mass is 136 g/mol. The van der Waals surface area contributed by atoms with E-state index < -0.39 is 0 Å². The lowest BCUT2D eigenvalue weighted by Crippen LogP contribution is -1.91. The van der Waals surface area contributed by atoms with E-state index in [0.717, 1.165) is 5.57 Å². The molecule has 0 aromatic heterocycles. The largest absolute Gasteiger partial charge is 0.493 e. The van der Waals surface area contributed by atoms with Gasteiger partial charge in [-0.2, -0.15) is 0 Å². The van der Waals surface area contributed by atoms with Crippen molar-refractivity contribution in [2.75, 3.05) is 6.61 Å². The van der Waals surface area contributed by atoms with Crippen LogP contribution in [0.4, 0.5) is 0 Å². The normalized spacial score (nSPS) is 10.3. The molecule has 54 valence electrons. The van der Waals surface area contributed by atoms with Gasteiger partial charge in [0.25, 0.3) is 0 Å². The smallest absolute Gasteiger partial charge is 0.127 e. The summed E-state index contributed by atoms with van der Waals surface area (Å²) in [6.07, 6.45) is 6.96. The van der Waals surface area contributed by atoms with Crippen molar-refractivity contribution < 1.29 is 4.74 Å². The minimum absolute atomic E-state index is 0.576. The average Bonchev–Trinajstić information content (AvgIpc) is 1.91. The molecule has 0 atom stereocenters. The Morgan fingerprint density at radius 3 is 2.70 bits per heavy atom. The van der Waals surface area contributed by atoms with Gasteiger partial charge >= 0.3 is 0 Å². The molecular weight excluding hydrogens is 124 g/mol. The first-order chi connectivity index (χ1) is 4.76. The summed E-state index contributed by atoms with van der Waals surface area (Å²) in [4.78, 5) is 0. The lowest BCUT2D eigenvalue weighted by molar-refractivity contribution is 0.241. The van der Waals surface area contributed by atoms with Crippen LogP contribution in [0.25, 0.3) is 0 Å². The quantitative estimate of drug-likeness (QED) is 0.328. The highest BCUT2D eigenvalue weighted by Crippen LogP contribution is 2.06. The zero-order valence-corrected chi connectivity index (χ0v) is 6.48. The molecule has 0 rings (SSSR count). The molecule has 0 heterocycles. The standard InChI is InChI=1S/C9H12O/c1-5-9(6-2)8(4)10-7-3/h1,6H,4,7H2,2-3H3/b9-6-. The Labute approximate surface area is 62.4 Å². The summed E-state index contributed by atoms with van der Waals surface area (Å²) in [6, 6.07) is 0. The molecule has 0 aromatic rings. The van der Waals surface area contributed by atoms with Crippen LogP contribution in [0.5, 0.6) is 0 Å². The van der Waals surface area contributed by atoms with Crippen LogP contribution in [-0.2, 0) is 4.74 Å². The average molecular weight is 136 g/mol. The van der Waals surface area contributed by atoms with Crippen LogP contribution in [0.1, 0.15) is 13.8 Å². The molecule has 0 bridgehead atoms. The van der Waals surface area contributed by atoms with E-state index in [0.29, 0.717) is 12.4 Å². The summed E-state index contributed by atoms with van der Waals surface area (Å²) in [6.45, 7) is 8.02. The van der Waals surface area contributed by atoms with Gasteiger partial charge in [-0.15, -0.1) is 6.42 Å². The third-order valence-electron chi connectivity index (χ3n) is 1.06. The highest BCUT2D eigenvalue weighted by atomic mass is 16.5. The first kappa shape index (κ1) is 8.84. The highest BCUT2D eigenvalue weighted by Gasteiger charge is 1.95. The number of ether oxygens (including phenoxy) is 1. The summed E-state index contributed by atoms with van der Waals surface area (Å²) in [5, 5.41) is 0. The second-order valence-electron chi connectivity index (χ2n) is 1.70. The molecule has 0 aromatic carbocycles. The van der Waals surface area contributed by atoms with Gasteiger partial charge in [0.2, 0.25) is 0 Å². The van der Waals surface area contributed by atoms with Crippen LogP contribution < -0.4 is 0 Å². The predicted octanol–water partition coefficient (Wildman–Crippen LogP) is 2.12. The van der Waals surface area contributed by atoms with Gasteiger partial charge in [0, 0.05) is 0 Å². The van der Waals surface area contributed by atoms with Crippen molar-refractivity contribution in [1.82, 2.24) is 0 Å². The summed E-state index contributed by atoms with van der Waals surface area (Å²) in [5.74, 6) is 3.05. The summed E-state index contributed by atoms with van der Waals surface area (Å²) >= 11 is 0. The van der Waals surface area contributed by atoms with E-state index in [1.807, 2.05) is 13.8 Å².